The second-order valence-electron chi connectivity index (χ2n) is 5.25. The first-order chi connectivity index (χ1) is 10.1. The number of aromatic nitrogens is 1. The molecule has 1 heterocycles. The molecule has 1 unspecified atom stereocenters. The van der Waals surface area contributed by atoms with Crippen LogP contribution in [0.5, 0.6) is 0 Å². The monoisotopic (exact) mass is 323 g/mol. The number of hydrogen-bond acceptors (Lipinski definition) is 5. The number of thiazole rings is 1. The molecule has 112 valence electrons. The molecule has 7 heteroatoms. The number of hydrogen-bond donors (Lipinski definition) is 2. The lowest BCUT2D eigenvalue weighted by Crippen LogP contribution is -2.35. The summed E-state index contributed by atoms with van der Waals surface area (Å²) >= 11 is 1.33. The van der Waals surface area contributed by atoms with Crippen molar-refractivity contribution in [2.45, 2.75) is 36.1 Å². The van der Waals surface area contributed by atoms with Crippen LogP contribution in [0.15, 0.2) is 22.5 Å². The molecule has 1 fully saturated rings. The first-order valence-electron chi connectivity index (χ1n) is 6.95. The molecule has 1 amide bonds. The van der Waals surface area contributed by atoms with Gasteiger partial charge in [0.15, 0.2) is 4.34 Å². The van der Waals surface area contributed by atoms with Crippen molar-refractivity contribution in [3.05, 3.63) is 18.2 Å². The zero-order chi connectivity index (χ0) is 14.8. The van der Waals surface area contributed by atoms with Gasteiger partial charge in [0, 0.05) is 11.7 Å². The van der Waals surface area contributed by atoms with Crippen LogP contribution in [0.4, 0.5) is 5.69 Å². The molecule has 21 heavy (non-hydrogen) atoms. The molecule has 1 saturated carbocycles. The van der Waals surface area contributed by atoms with Gasteiger partial charge in [0.2, 0.25) is 5.91 Å². The number of carbonyl (C=O) groups is 1. The molecular formula is C14H17N3O2S2. The topological polar surface area (TPSA) is 85.1 Å². The summed E-state index contributed by atoms with van der Waals surface area (Å²) in [7, 11) is -1.40. The summed E-state index contributed by atoms with van der Waals surface area (Å²) in [4.78, 5) is 16.2. The van der Waals surface area contributed by atoms with Gasteiger partial charge in [-0.15, -0.1) is 11.3 Å². The smallest absolute Gasteiger partial charge is 0.233 e. The molecule has 3 rings (SSSR count). The number of rotatable bonds is 4. The SMILES string of the molecule is Nc1ccc2nc(S(=O)CC(=O)NC3CCCC3)sc2c1. The maximum absolute atomic E-state index is 12.3. The van der Waals surface area contributed by atoms with Crippen LogP contribution in [0, 0.1) is 0 Å². The molecule has 2 aromatic rings. The van der Waals surface area contributed by atoms with E-state index in [1.807, 2.05) is 6.07 Å². The Bertz CT molecular complexity index is 693. The average molecular weight is 323 g/mol. The van der Waals surface area contributed by atoms with Gasteiger partial charge in [-0.05, 0) is 31.0 Å². The van der Waals surface area contributed by atoms with E-state index in [9.17, 15) is 9.00 Å². The lowest BCUT2D eigenvalue weighted by Gasteiger charge is -2.10. The maximum Gasteiger partial charge on any atom is 0.233 e. The highest BCUT2D eigenvalue weighted by Gasteiger charge is 2.20. The highest BCUT2D eigenvalue weighted by atomic mass is 32.2. The Morgan fingerprint density at radius 3 is 2.95 bits per heavy atom. The fourth-order valence-corrected chi connectivity index (χ4v) is 4.75. The summed E-state index contributed by atoms with van der Waals surface area (Å²) in [5.74, 6) is -0.176. The minimum Gasteiger partial charge on any atom is -0.399 e. The van der Waals surface area contributed by atoms with E-state index in [0.717, 1.165) is 35.9 Å². The third-order valence-electron chi connectivity index (χ3n) is 3.57. The van der Waals surface area contributed by atoms with Crippen molar-refractivity contribution >= 4 is 43.9 Å². The molecule has 3 N–H and O–H groups in total. The molecule has 0 saturated heterocycles. The average Bonchev–Trinajstić information content (AvgIpc) is 3.06. The molecule has 0 aliphatic heterocycles. The second kappa shape index (κ2) is 6.11. The van der Waals surface area contributed by atoms with Crippen LogP contribution in [-0.4, -0.2) is 26.9 Å². The predicted molar refractivity (Wildman–Crippen MR) is 85.7 cm³/mol. The number of nitrogens with zero attached hydrogens (tertiary/aromatic N) is 1. The van der Waals surface area contributed by atoms with Gasteiger partial charge in [-0.25, -0.2) is 4.98 Å². The number of anilines is 1. The Kier molecular flexibility index (Phi) is 4.21. The number of amides is 1. The van der Waals surface area contributed by atoms with Crippen LogP contribution in [0.3, 0.4) is 0 Å². The van der Waals surface area contributed by atoms with Crippen molar-refractivity contribution in [3.63, 3.8) is 0 Å². The molecule has 5 nitrogen and oxygen atoms in total. The standard InChI is InChI=1S/C14H17N3O2S2/c15-9-5-6-11-12(7-9)20-14(17-11)21(19)8-13(18)16-10-3-1-2-4-10/h5-7,10H,1-4,8,15H2,(H,16,18). The van der Waals surface area contributed by atoms with E-state index in [4.69, 9.17) is 5.73 Å². The summed E-state index contributed by atoms with van der Waals surface area (Å²) in [6.45, 7) is 0. The van der Waals surface area contributed by atoms with Gasteiger partial charge in [-0.2, -0.15) is 0 Å². The number of nitrogen functional groups attached to an aromatic ring is 1. The van der Waals surface area contributed by atoms with Crippen molar-refractivity contribution < 1.29 is 9.00 Å². The molecule has 1 aliphatic carbocycles. The Hall–Kier alpha value is -1.47. The summed E-state index contributed by atoms with van der Waals surface area (Å²) in [5, 5.41) is 2.95. The maximum atomic E-state index is 12.3. The number of nitrogens with two attached hydrogens (primary N) is 1. The van der Waals surface area contributed by atoms with Crippen molar-refractivity contribution in [2.75, 3.05) is 11.5 Å². The Morgan fingerprint density at radius 1 is 1.43 bits per heavy atom. The number of carbonyl (C=O) groups excluding carboxylic acids is 1. The summed E-state index contributed by atoms with van der Waals surface area (Å²) < 4.78 is 13.6. The van der Waals surface area contributed by atoms with E-state index in [2.05, 4.69) is 10.3 Å². The molecular weight excluding hydrogens is 306 g/mol. The second-order valence-corrected chi connectivity index (χ2v) is 7.90. The van der Waals surface area contributed by atoms with Crippen LogP contribution < -0.4 is 11.1 Å². The first-order valence-corrected chi connectivity index (χ1v) is 9.09. The van der Waals surface area contributed by atoms with Crippen molar-refractivity contribution in [2.24, 2.45) is 0 Å². The van der Waals surface area contributed by atoms with Crippen LogP contribution in [0.1, 0.15) is 25.7 Å². The fourth-order valence-electron chi connectivity index (χ4n) is 2.54. The van der Waals surface area contributed by atoms with Crippen LogP contribution in [-0.2, 0) is 15.6 Å². The Labute approximate surface area is 129 Å². The van der Waals surface area contributed by atoms with Gasteiger partial charge < -0.3 is 11.1 Å². The molecule has 1 aromatic carbocycles. The summed E-state index contributed by atoms with van der Waals surface area (Å²) in [6, 6.07) is 5.64. The quantitative estimate of drug-likeness (QED) is 0.843. The van der Waals surface area contributed by atoms with Gasteiger partial charge in [0.05, 0.1) is 21.0 Å². The van der Waals surface area contributed by atoms with E-state index in [1.165, 1.54) is 11.3 Å². The van der Waals surface area contributed by atoms with E-state index in [1.54, 1.807) is 12.1 Å². The lowest BCUT2D eigenvalue weighted by molar-refractivity contribution is -0.119. The van der Waals surface area contributed by atoms with Crippen molar-refractivity contribution in [3.8, 4) is 0 Å². The highest BCUT2D eigenvalue weighted by molar-refractivity contribution is 7.88. The Balaban J connectivity index is 1.67. The van der Waals surface area contributed by atoms with Crippen LogP contribution >= 0.6 is 11.3 Å². The van der Waals surface area contributed by atoms with Crippen molar-refractivity contribution in [1.29, 1.82) is 0 Å². The zero-order valence-corrected chi connectivity index (χ0v) is 13.1. The largest absolute Gasteiger partial charge is 0.399 e. The fraction of sp³-hybridized carbons (Fsp3) is 0.429. The van der Waals surface area contributed by atoms with E-state index in [-0.39, 0.29) is 17.7 Å². The molecule has 0 spiro atoms. The predicted octanol–water partition coefficient (Wildman–Crippen LogP) is 2.04. The van der Waals surface area contributed by atoms with Gasteiger partial charge in [-0.1, -0.05) is 12.8 Å². The third kappa shape index (κ3) is 3.41. The van der Waals surface area contributed by atoms with Gasteiger partial charge in [-0.3, -0.25) is 9.00 Å². The molecule has 1 atom stereocenters. The van der Waals surface area contributed by atoms with E-state index in [0.29, 0.717) is 10.0 Å². The summed E-state index contributed by atoms with van der Waals surface area (Å²) in [5.41, 5.74) is 7.15. The minimum atomic E-state index is -1.40. The molecule has 0 radical (unpaired) electrons. The number of benzene rings is 1. The normalized spacial score (nSPS) is 17.1. The van der Waals surface area contributed by atoms with Gasteiger partial charge >= 0.3 is 0 Å². The molecule has 0 bridgehead atoms. The van der Waals surface area contributed by atoms with Gasteiger partial charge in [0.1, 0.15) is 5.75 Å². The van der Waals surface area contributed by atoms with Crippen LogP contribution in [0.25, 0.3) is 10.2 Å². The minimum absolute atomic E-state index is 0.0220. The zero-order valence-electron chi connectivity index (χ0n) is 11.5. The highest BCUT2D eigenvalue weighted by Crippen LogP contribution is 2.26. The van der Waals surface area contributed by atoms with Crippen molar-refractivity contribution in [1.82, 2.24) is 10.3 Å². The van der Waals surface area contributed by atoms with E-state index >= 15 is 0 Å². The first kappa shape index (κ1) is 14.5. The third-order valence-corrected chi connectivity index (χ3v) is 6.20. The summed E-state index contributed by atoms with van der Waals surface area (Å²) in [6.07, 6.45) is 4.37. The molecule has 1 aromatic heterocycles. The molecule has 1 aliphatic rings. The van der Waals surface area contributed by atoms with Gasteiger partial charge in [0.25, 0.3) is 0 Å². The Morgan fingerprint density at radius 2 is 2.19 bits per heavy atom. The lowest BCUT2D eigenvalue weighted by atomic mass is 10.2. The number of nitrogens with one attached hydrogen (secondary N) is 1. The van der Waals surface area contributed by atoms with E-state index < -0.39 is 10.8 Å². The van der Waals surface area contributed by atoms with Crippen LogP contribution in [0.2, 0.25) is 0 Å². The number of fused-ring (bicyclic) bond motifs is 1.